The van der Waals surface area contributed by atoms with Crippen LogP contribution >= 0.6 is 11.3 Å². The minimum atomic E-state index is -0.155. The van der Waals surface area contributed by atoms with E-state index in [4.69, 9.17) is 0 Å². The lowest BCUT2D eigenvalue weighted by Crippen LogP contribution is -2.34. The first-order valence-electron chi connectivity index (χ1n) is 9.48. The number of amides is 2. The summed E-state index contributed by atoms with van der Waals surface area (Å²) in [5, 5.41) is 16.3. The molecule has 0 spiro atoms. The molecule has 7 heteroatoms. The molecule has 1 fully saturated rings. The van der Waals surface area contributed by atoms with Crippen molar-refractivity contribution in [1.82, 2.24) is 10.3 Å². The molecule has 1 saturated carbocycles. The van der Waals surface area contributed by atoms with Gasteiger partial charge in [-0.3, -0.25) is 9.59 Å². The number of hydrogen-bond acceptors (Lipinski definition) is 5. The fourth-order valence-corrected chi connectivity index (χ4v) is 4.30. The molecule has 1 aromatic heterocycles. The molecule has 0 radical (unpaired) electrons. The summed E-state index contributed by atoms with van der Waals surface area (Å²) >= 11 is 1.24. The van der Waals surface area contributed by atoms with Crippen molar-refractivity contribution in [1.29, 1.82) is 0 Å². The Morgan fingerprint density at radius 3 is 2.56 bits per heavy atom. The zero-order chi connectivity index (χ0) is 19.1. The maximum absolute atomic E-state index is 12.6. The lowest BCUT2D eigenvalue weighted by atomic mass is 10.1. The summed E-state index contributed by atoms with van der Waals surface area (Å²) in [5.41, 5.74) is 0.869. The summed E-state index contributed by atoms with van der Waals surface area (Å²) in [6.45, 7) is 0. The number of benzene rings is 1. The Balaban J connectivity index is 1.70. The Labute approximate surface area is 163 Å². The Bertz CT molecular complexity index is 781. The molecule has 27 heavy (non-hydrogen) atoms. The summed E-state index contributed by atoms with van der Waals surface area (Å²) in [6.07, 6.45) is 11.5. The van der Waals surface area contributed by atoms with Crippen molar-refractivity contribution in [2.24, 2.45) is 0 Å². The molecule has 1 heterocycles. The lowest BCUT2D eigenvalue weighted by Gasteiger charge is -2.16. The number of carbonyl (C=O) groups is 2. The van der Waals surface area contributed by atoms with Gasteiger partial charge in [0.2, 0.25) is 6.41 Å². The standard InChI is InChI=1S/C20H25N3O3S/c24-13-22-16-11-7-10-15(18(16)25)17-12-21-20(27-17)19(26)23-14-8-5-3-1-2-4-6-9-14/h7,10-14,25H,1-6,8-9H2,(H,22,24)(H,23,26). The van der Waals surface area contributed by atoms with Crippen molar-refractivity contribution in [3.05, 3.63) is 29.4 Å². The highest BCUT2D eigenvalue weighted by Gasteiger charge is 2.19. The van der Waals surface area contributed by atoms with Crippen LogP contribution in [0, 0.1) is 0 Å². The van der Waals surface area contributed by atoms with Crippen LogP contribution in [0.15, 0.2) is 24.4 Å². The number of carbonyl (C=O) groups excluding carboxylic acids is 2. The maximum Gasteiger partial charge on any atom is 0.280 e. The Hall–Kier alpha value is -2.41. The van der Waals surface area contributed by atoms with E-state index in [0.717, 1.165) is 25.7 Å². The van der Waals surface area contributed by atoms with Crippen LogP contribution in [0.1, 0.15) is 61.2 Å². The van der Waals surface area contributed by atoms with Crippen molar-refractivity contribution in [3.8, 4) is 16.2 Å². The second kappa shape index (κ2) is 9.50. The van der Waals surface area contributed by atoms with E-state index < -0.39 is 0 Å². The van der Waals surface area contributed by atoms with Gasteiger partial charge in [-0.25, -0.2) is 4.98 Å². The molecule has 3 N–H and O–H groups in total. The Morgan fingerprint density at radius 1 is 1.15 bits per heavy atom. The third-order valence-electron chi connectivity index (χ3n) is 4.91. The predicted octanol–water partition coefficient (Wildman–Crippen LogP) is 4.32. The van der Waals surface area contributed by atoms with Crippen LogP contribution in [0.3, 0.4) is 0 Å². The molecule has 2 amide bonds. The molecular formula is C20H25N3O3S. The van der Waals surface area contributed by atoms with Crippen molar-refractivity contribution in [2.45, 2.75) is 57.4 Å². The minimum absolute atomic E-state index is 0.0310. The van der Waals surface area contributed by atoms with E-state index in [1.165, 1.54) is 37.0 Å². The zero-order valence-electron chi connectivity index (χ0n) is 15.2. The minimum Gasteiger partial charge on any atom is -0.505 e. The van der Waals surface area contributed by atoms with Gasteiger partial charge in [0, 0.05) is 17.8 Å². The number of hydrogen-bond donors (Lipinski definition) is 3. The number of aromatic nitrogens is 1. The monoisotopic (exact) mass is 387 g/mol. The molecule has 6 nitrogen and oxygen atoms in total. The van der Waals surface area contributed by atoms with Gasteiger partial charge in [0.15, 0.2) is 5.01 Å². The molecule has 0 aliphatic heterocycles. The van der Waals surface area contributed by atoms with Crippen molar-refractivity contribution in [3.63, 3.8) is 0 Å². The number of phenolic OH excluding ortho intramolecular Hbond substituents is 1. The highest BCUT2D eigenvalue weighted by molar-refractivity contribution is 7.17. The first-order valence-corrected chi connectivity index (χ1v) is 10.3. The van der Waals surface area contributed by atoms with E-state index in [0.29, 0.717) is 27.5 Å². The molecule has 3 rings (SSSR count). The molecule has 144 valence electrons. The molecule has 0 atom stereocenters. The fraction of sp³-hybridized carbons (Fsp3) is 0.450. The van der Waals surface area contributed by atoms with E-state index in [1.54, 1.807) is 24.4 Å². The lowest BCUT2D eigenvalue weighted by molar-refractivity contribution is -0.105. The average molecular weight is 388 g/mol. The summed E-state index contributed by atoms with van der Waals surface area (Å²) in [4.78, 5) is 28.2. The van der Waals surface area contributed by atoms with Crippen LogP contribution in [-0.4, -0.2) is 28.4 Å². The van der Waals surface area contributed by atoms with Crippen molar-refractivity contribution >= 4 is 29.3 Å². The van der Waals surface area contributed by atoms with Gasteiger partial charge in [-0.2, -0.15) is 0 Å². The zero-order valence-corrected chi connectivity index (χ0v) is 16.1. The number of aromatic hydroxyl groups is 1. The average Bonchev–Trinajstić information content (AvgIpc) is 3.18. The van der Waals surface area contributed by atoms with Gasteiger partial charge >= 0.3 is 0 Å². The molecule has 0 bridgehead atoms. The molecule has 2 aromatic rings. The normalized spacial score (nSPS) is 16.0. The highest BCUT2D eigenvalue weighted by atomic mass is 32.1. The van der Waals surface area contributed by atoms with Gasteiger partial charge in [0.25, 0.3) is 5.91 Å². The third kappa shape index (κ3) is 5.07. The van der Waals surface area contributed by atoms with Crippen molar-refractivity contribution < 1.29 is 14.7 Å². The third-order valence-corrected chi connectivity index (χ3v) is 5.94. The highest BCUT2D eigenvalue weighted by Crippen LogP contribution is 2.37. The molecule has 1 aliphatic carbocycles. The molecule has 1 aromatic carbocycles. The summed E-state index contributed by atoms with van der Waals surface area (Å²) < 4.78 is 0. The number of nitrogens with one attached hydrogen (secondary N) is 2. The van der Waals surface area contributed by atoms with E-state index in [2.05, 4.69) is 15.6 Å². The van der Waals surface area contributed by atoms with Crippen LogP contribution in [-0.2, 0) is 4.79 Å². The molecule has 0 saturated heterocycles. The predicted molar refractivity (Wildman–Crippen MR) is 107 cm³/mol. The molecular weight excluding hydrogens is 362 g/mol. The summed E-state index contributed by atoms with van der Waals surface area (Å²) in [6, 6.07) is 5.28. The smallest absolute Gasteiger partial charge is 0.280 e. The largest absolute Gasteiger partial charge is 0.505 e. The van der Waals surface area contributed by atoms with Crippen LogP contribution in [0.2, 0.25) is 0 Å². The van der Waals surface area contributed by atoms with E-state index in [9.17, 15) is 14.7 Å². The number of phenols is 1. The summed E-state index contributed by atoms with van der Waals surface area (Å²) in [7, 11) is 0. The Morgan fingerprint density at radius 2 is 1.85 bits per heavy atom. The maximum atomic E-state index is 12.6. The number of anilines is 1. The number of para-hydroxylation sites is 1. The van der Waals surface area contributed by atoms with Crippen molar-refractivity contribution in [2.75, 3.05) is 5.32 Å². The van der Waals surface area contributed by atoms with Crippen LogP contribution < -0.4 is 10.6 Å². The SMILES string of the molecule is O=CNc1cccc(-c2cnc(C(=O)NC3CCCCCCCC3)s2)c1O. The number of nitrogens with zero attached hydrogens (tertiary/aromatic N) is 1. The van der Waals surface area contributed by atoms with E-state index in [1.807, 2.05) is 0 Å². The summed E-state index contributed by atoms with van der Waals surface area (Å²) in [5.74, 6) is -0.186. The van der Waals surface area contributed by atoms with Crippen LogP contribution in [0.25, 0.3) is 10.4 Å². The second-order valence-corrected chi connectivity index (χ2v) is 7.89. The van der Waals surface area contributed by atoms with Crippen LogP contribution in [0.4, 0.5) is 5.69 Å². The second-order valence-electron chi connectivity index (χ2n) is 6.86. The molecule has 0 unspecified atom stereocenters. The van der Waals surface area contributed by atoms with Gasteiger partial charge in [-0.15, -0.1) is 11.3 Å². The first kappa shape index (κ1) is 19.4. The molecule has 1 aliphatic rings. The van der Waals surface area contributed by atoms with E-state index in [-0.39, 0.29) is 17.7 Å². The number of thiazole rings is 1. The van der Waals surface area contributed by atoms with Gasteiger partial charge in [0.05, 0.1) is 10.6 Å². The van der Waals surface area contributed by atoms with Gasteiger partial charge < -0.3 is 15.7 Å². The first-order chi connectivity index (χ1) is 13.2. The number of rotatable bonds is 5. The van der Waals surface area contributed by atoms with Gasteiger partial charge in [-0.1, -0.05) is 44.6 Å². The van der Waals surface area contributed by atoms with Gasteiger partial charge in [0.1, 0.15) is 5.75 Å². The van der Waals surface area contributed by atoms with Crippen LogP contribution in [0.5, 0.6) is 5.75 Å². The Kier molecular flexibility index (Phi) is 6.81. The van der Waals surface area contributed by atoms with Gasteiger partial charge in [-0.05, 0) is 25.0 Å². The fourth-order valence-electron chi connectivity index (χ4n) is 3.45. The quantitative estimate of drug-likeness (QED) is 0.526. The van der Waals surface area contributed by atoms with E-state index >= 15 is 0 Å². The topological polar surface area (TPSA) is 91.3 Å².